The maximum Gasteiger partial charge on any atom is 0.494 e. The molecule has 0 N–H and O–H groups in total. The quantitative estimate of drug-likeness (QED) is 0.224. The molecule has 40 heavy (non-hydrogen) atoms. The molecule has 0 spiro atoms. The lowest BCUT2D eigenvalue weighted by atomic mass is 9.78. The van der Waals surface area contributed by atoms with E-state index in [1.54, 1.807) is 0 Å². The standard InChI is InChI=1S/C35H29BN2O2/c1-34(2)35(3,4)40-36(39-34)28-18-17-24-19-23(13-14-25(24)20-28)26-15-16-27(22-37)33(21-26)38-31-11-7-5-9-29(31)30-10-6-8-12-32(30)38/h5-21H,1-4H3. The monoisotopic (exact) mass is 520 g/mol. The molecular formula is C35H29BN2O2. The third-order valence-corrected chi connectivity index (χ3v) is 8.66. The van der Waals surface area contributed by atoms with Crippen LogP contribution >= 0.6 is 0 Å². The third kappa shape index (κ3) is 3.76. The van der Waals surface area contributed by atoms with E-state index in [0.717, 1.165) is 44.1 Å². The van der Waals surface area contributed by atoms with Crippen molar-refractivity contribution in [2.45, 2.75) is 38.9 Å². The fraction of sp³-hybridized carbons (Fsp3) is 0.171. The molecule has 0 amide bonds. The molecule has 0 bridgehead atoms. The second-order valence-corrected chi connectivity index (χ2v) is 11.6. The maximum absolute atomic E-state index is 10.1. The fourth-order valence-electron chi connectivity index (χ4n) is 5.74. The van der Waals surface area contributed by atoms with Gasteiger partial charge in [-0.1, -0.05) is 72.8 Å². The highest BCUT2D eigenvalue weighted by Crippen LogP contribution is 2.37. The van der Waals surface area contributed by atoms with E-state index in [0.29, 0.717) is 5.56 Å². The van der Waals surface area contributed by atoms with Crippen molar-refractivity contribution < 1.29 is 9.31 Å². The van der Waals surface area contributed by atoms with Gasteiger partial charge in [-0.15, -0.1) is 0 Å². The summed E-state index contributed by atoms with van der Waals surface area (Å²) in [6.07, 6.45) is 0. The summed E-state index contributed by atoms with van der Waals surface area (Å²) in [5.74, 6) is 0. The van der Waals surface area contributed by atoms with Gasteiger partial charge in [0.15, 0.2) is 0 Å². The molecular weight excluding hydrogens is 491 g/mol. The molecule has 0 saturated carbocycles. The minimum Gasteiger partial charge on any atom is -0.399 e. The SMILES string of the molecule is CC1(C)OB(c2ccc3cc(-c4ccc(C#N)c(-n5c6ccccc6c6ccccc65)c4)ccc3c2)OC1(C)C. The number of aromatic nitrogens is 1. The van der Waals surface area contributed by atoms with Gasteiger partial charge >= 0.3 is 7.12 Å². The number of benzene rings is 5. The molecule has 194 valence electrons. The Labute approximate surface area is 234 Å². The molecule has 2 heterocycles. The summed E-state index contributed by atoms with van der Waals surface area (Å²) in [7, 11) is -0.388. The molecule has 6 aromatic rings. The molecule has 0 atom stereocenters. The third-order valence-electron chi connectivity index (χ3n) is 8.66. The highest BCUT2D eigenvalue weighted by Gasteiger charge is 2.51. The largest absolute Gasteiger partial charge is 0.494 e. The van der Waals surface area contributed by atoms with Crippen LogP contribution in [-0.4, -0.2) is 22.9 Å². The van der Waals surface area contributed by atoms with Gasteiger partial charge < -0.3 is 13.9 Å². The summed E-state index contributed by atoms with van der Waals surface area (Å²) in [5.41, 5.74) is 6.13. The van der Waals surface area contributed by atoms with Crippen molar-refractivity contribution in [3.05, 3.63) is 109 Å². The van der Waals surface area contributed by atoms with Gasteiger partial charge in [0.25, 0.3) is 0 Å². The van der Waals surface area contributed by atoms with E-state index in [-0.39, 0.29) is 18.3 Å². The molecule has 7 rings (SSSR count). The van der Waals surface area contributed by atoms with E-state index < -0.39 is 0 Å². The Hall–Kier alpha value is -4.37. The summed E-state index contributed by atoms with van der Waals surface area (Å²) in [6.45, 7) is 8.30. The number of nitrogens with zero attached hydrogens (tertiary/aromatic N) is 2. The Morgan fingerprint density at radius 3 is 1.85 bits per heavy atom. The van der Waals surface area contributed by atoms with Gasteiger partial charge in [0.2, 0.25) is 0 Å². The van der Waals surface area contributed by atoms with Gasteiger partial charge in [-0.2, -0.15) is 5.26 Å². The first-order chi connectivity index (χ1) is 19.3. The Balaban J connectivity index is 1.32. The topological polar surface area (TPSA) is 47.2 Å². The van der Waals surface area contributed by atoms with Crippen LogP contribution in [0.5, 0.6) is 0 Å². The van der Waals surface area contributed by atoms with Crippen molar-refractivity contribution >= 4 is 45.2 Å². The van der Waals surface area contributed by atoms with Crippen LogP contribution in [0, 0.1) is 11.3 Å². The van der Waals surface area contributed by atoms with Crippen molar-refractivity contribution in [3.8, 4) is 22.9 Å². The smallest absolute Gasteiger partial charge is 0.399 e. The predicted octanol–water partition coefficient (Wildman–Crippen LogP) is 7.77. The number of rotatable bonds is 3. The first kappa shape index (κ1) is 24.7. The summed E-state index contributed by atoms with van der Waals surface area (Å²) >= 11 is 0. The minimum atomic E-state index is -0.388. The van der Waals surface area contributed by atoms with Crippen molar-refractivity contribution in [2.75, 3.05) is 0 Å². The van der Waals surface area contributed by atoms with Crippen LogP contribution in [-0.2, 0) is 9.31 Å². The fourth-order valence-corrected chi connectivity index (χ4v) is 5.74. The van der Waals surface area contributed by atoms with Gasteiger partial charge in [0.1, 0.15) is 6.07 Å². The zero-order valence-corrected chi connectivity index (χ0v) is 23.1. The Kier molecular flexibility index (Phi) is 5.44. The highest BCUT2D eigenvalue weighted by atomic mass is 16.7. The average molecular weight is 520 g/mol. The van der Waals surface area contributed by atoms with E-state index in [9.17, 15) is 5.26 Å². The normalized spacial score (nSPS) is 16.1. The van der Waals surface area contributed by atoms with Crippen LogP contribution in [0.3, 0.4) is 0 Å². The molecule has 1 saturated heterocycles. The zero-order valence-electron chi connectivity index (χ0n) is 23.1. The lowest BCUT2D eigenvalue weighted by Gasteiger charge is -2.32. The first-order valence-corrected chi connectivity index (χ1v) is 13.7. The zero-order chi connectivity index (χ0) is 27.6. The van der Waals surface area contributed by atoms with E-state index >= 15 is 0 Å². The van der Waals surface area contributed by atoms with Crippen molar-refractivity contribution in [3.63, 3.8) is 0 Å². The van der Waals surface area contributed by atoms with E-state index in [1.807, 2.05) is 12.1 Å². The van der Waals surface area contributed by atoms with E-state index in [2.05, 4.69) is 129 Å². The number of para-hydroxylation sites is 2. The van der Waals surface area contributed by atoms with Crippen LogP contribution < -0.4 is 5.46 Å². The van der Waals surface area contributed by atoms with E-state index in [4.69, 9.17) is 9.31 Å². The summed E-state index contributed by atoms with van der Waals surface area (Å²) < 4.78 is 14.8. The van der Waals surface area contributed by atoms with Crippen LogP contribution in [0.15, 0.2) is 103 Å². The Morgan fingerprint density at radius 1 is 0.650 bits per heavy atom. The number of hydrogen-bond donors (Lipinski definition) is 0. The van der Waals surface area contributed by atoms with Crippen LogP contribution in [0.1, 0.15) is 33.3 Å². The van der Waals surface area contributed by atoms with E-state index in [1.165, 1.54) is 10.8 Å². The lowest BCUT2D eigenvalue weighted by molar-refractivity contribution is 0.00578. The molecule has 5 aromatic carbocycles. The highest BCUT2D eigenvalue weighted by molar-refractivity contribution is 6.62. The van der Waals surface area contributed by atoms with Crippen molar-refractivity contribution in [1.82, 2.24) is 4.57 Å². The molecule has 1 aliphatic rings. The van der Waals surface area contributed by atoms with Gasteiger partial charge in [-0.05, 0) is 85.4 Å². The van der Waals surface area contributed by atoms with Crippen molar-refractivity contribution in [1.29, 1.82) is 5.26 Å². The Bertz CT molecular complexity index is 1930. The molecule has 1 aromatic heterocycles. The first-order valence-electron chi connectivity index (χ1n) is 13.7. The van der Waals surface area contributed by atoms with Crippen molar-refractivity contribution in [2.24, 2.45) is 0 Å². The van der Waals surface area contributed by atoms with Gasteiger partial charge in [-0.3, -0.25) is 0 Å². The van der Waals surface area contributed by atoms with Crippen LogP contribution in [0.25, 0.3) is 49.4 Å². The molecule has 0 aliphatic carbocycles. The molecule has 4 nitrogen and oxygen atoms in total. The van der Waals surface area contributed by atoms with Gasteiger partial charge in [0.05, 0.1) is 33.5 Å². The summed E-state index contributed by atoms with van der Waals surface area (Å²) in [6, 6.07) is 38.2. The second kappa shape index (κ2) is 8.82. The number of hydrogen-bond acceptors (Lipinski definition) is 3. The second-order valence-electron chi connectivity index (χ2n) is 11.6. The molecule has 0 unspecified atom stereocenters. The lowest BCUT2D eigenvalue weighted by Crippen LogP contribution is -2.41. The molecule has 0 radical (unpaired) electrons. The Morgan fingerprint density at radius 2 is 1.20 bits per heavy atom. The number of fused-ring (bicyclic) bond motifs is 4. The van der Waals surface area contributed by atoms with Gasteiger partial charge in [-0.25, -0.2) is 0 Å². The molecule has 1 aliphatic heterocycles. The molecule has 5 heteroatoms. The van der Waals surface area contributed by atoms with Crippen LogP contribution in [0.4, 0.5) is 0 Å². The molecule has 1 fully saturated rings. The van der Waals surface area contributed by atoms with Gasteiger partial charge in [0, 0.05) is 10.8 Å². The average Bonchev–Trinajstić information content (AvgIpc) is 3.41. The predicted molar refractivity (Wildman–Crippen MR) is 164 cm³/mol. The summed E-state index contributed by atoms with van der Waals surface area (Å²) in [5, 5.41) is 14.7. The minimum absolute atomic E-state index is 0.375. The van der Waals surface area contributed by atoms with Crippen LogP contribution in [0.2, 0.25) is 0 Å². The summed E-state index contributed by atoms with van der Waals surface area (Å²) in [4.78, 5) is 0. The maximum atomic E-state index is 10.1. The number of nitriles is 1.